The third-order valence-electron chi connectivity index (χ3n) is 16.8. The molecule has 2 aliphatic carbocycles. The minimum atomic E-state index is -1.71. The first-order valence-corrected chi connectivity index (χ1v) is 30.4. The number of aliphatic hydroxyl groups excluding tert-OH is 1. The lowest BCUT2D eigenvalue weighted by Crippen LogP contribution is -2.56. The van der Waals surface area contributed by atoms with E-state index in [1.807, 2.05) is 24.3 Å². The number of hydrogen-bond donors (Lipinski definition) is 12. The van der Waals surface area contributed by atoms with Crippen LogP contribution in [0.4, 0.5) is 4.39 Å². The van der Waals surface area contributed by atoms with Crippen LogP contribution in [0.1, 0.15) is 134 Å². The zero-order chi connectivity index (χ0) is 64.2. The van der Waals surface area contributed by atoms with Crippen LogP contribution in [-0.4, -0.2) is 159 Å². The molecule has 15 N–H and O–H groups in total. The molecule has 26 heteroatoms. The standard InChI is InChI=1S/C62H87FN12O13/c1-34(76)44(30-54(81)48(31-55(64)82)73-60(87)51-29-41(63)33-75(51)61(88)50(70-35(2)77)26-38-17-19-42(78)20-18-38)59(86)72-46(24-36-10-5-4-6-11-36)52(79)21-22-56(83)71-47(25-37-15-16-37)53(80)28-39(12-9-23-68-62(66)67-3)58(85)74-49(57(65)84)27-40-32-69-45-14-8-7-13-43(40)45/h7-8,13-14,17-20,32,34,36-37,39,41,44,46-51,69,76,78H,4-6,9-12,15-16,21-31,33H2,1-3H3,(H2,64,82)(H2,65,84)(H,70,77)(H,71,83)(H,72,86)(H,73,87)(H,74,85)(H3,66,67,68)/t34-,39-,41-,44+,46+,47+,48+,49+,50-,51+/m1/s1. The number of likely N-dealkylation sites (tertiary alicyclic amines) is 1. The Hall–Kier alpha value is -8.29. The molecule has 10 atom stereocenters. The largest absolute Gasteiger partial charge is 0.508 e. The van der Waals surface area contributed by atoms with Gasteiger partial charge in [0, 0.05) is 88.5 Å². The Kier molecular flexibility index (Phi) is 25.9. The van der Waals surface area contributed by atoms with E-state index in [0.29, 0.717) is 18.5 Å². The van der Waals surface area contributed by atoms with E-state index < -0.39 is 151 Å². The Morgan fingerprint density at radius 2 is 1.38 bits per heavy atom. The quantitative estimate of drug-likeness (QED) is 0.0225. The van der Waals surface area contributed by atoms with Crippen molar-refractivity contribution in [2.45, 2.75) is 184 Å². The number of carbonyl (C=O) groups is 11. The van der Waals surface area contributed by atoms with Crippen LogP contribution in [0.2, 0.25) is 0 Å². The van der Waals surface area contributed by atoms with Gasteiger partial charge in [-0.05, 0) is 73.8 Å². The molecule has 0 radical (unpaired) electrons. The first kappa shape index (κ1) is 68.8. The summed E-state index contributed by atoms with van der Waals surface area (Å²) in [6, 6.07) is 5.41. The van der Waals surface area contributed by atoms with Crippen molar-refractivity contribution < 1.29 is 67.3 Å². The number of primary amides is 2. The molecule has 25 nitrogen and oxygen atoms in total. The Labute approximate surface area is 510 Å². The number of aromatic nitrogens is 1. The molecule has 480 valence electrons. The number of fused-ring (bicyclic) bond motifs is 1. The van der Waals surface area contributed by atoms with Crippen molar-refractivity contribution in [2.24, 2.45) is 45.9 Å². The van der Waals surface area contributed by atoms with E-state index >= 15 is 4.39 Å². The van der Waals surface area contributed by atoms with Crippen LogP contribution in [0.25, 0.3) is 10.9 Å². The van der Waals surface area contributed by atoms with Crippen LogP contribution in [-0.2, 0) is 65.6 Å². The number of Topliss-reactive ketones (excluding diaryl/α,β-unsaturated/α-hetero) is 3. The highest BCUT2D eigenvalue weighted by Crippen LogP contribution is 2.35. The highest BCUT2D eigenvalue weighted by Gasteiger charge is 2.44. The van der Waals surface area contributed by atoms with E-state index in [1.54, 1.807) is 6.20 Å². The normalized spacial score (nSPS) is 18.9. The van der Waals surface area contributed by atoms with E-state index in [0.717, 1.165) is 66.3 Å². The van der Waals surface area contributed by atoms with Crippen LogP contribution < -0.4 is 49.1 Å². The second-order valence-corrected chi connectivity index (χ2v) is 23.9. The number of guanidine groups is 1. The van der Waals surface area contributed by atoms with Crippen LogP contribution >= 0.6 is 0 Å². The van der Waals surface area contributed by atoms with Crippen molar-refractivity contribution >= 4 is 81.5 Å². The number of aromatic hydroxyl groups is 1. The molecular formula is C62H87FN12O13. The van der Waals surface area contributed by atoms with Crippen molar-refractivity contribution in [2.75, 3.05) is 20.1 Å². The zero-order valence-electron chi connectivity index (χ0n) is 50.4. The number of ketones is 3. The average molecular weight is 1230 g/mol. The van der Waals surface area contributed by atoms with E-state index in [1.165, 1.54) is 45.2 Å². The Morgan fingerprint density at radius 3 is 2.01 bits per heavy atom. The third-order valence-corrected chi connectivity index (χ3v) is 16.8. The number of halogens is 1. The van der Waals surface area contributed by atoms with Crippen molar-refractivity contribution in [3.63, 3.8) is 0 Å². The molecule has 0 spiro atoms. The van der Waals surface area contributed by atoms with Gasteiger partial charge in [0.25, 0.3) is 0 Å². The number of aromatic amines is 1. The molecule has 1 aliphatic heterocycles. The summed E-state index contributed by atoms with van der Waals surface area (Å²) in [5.41, 5.74) is 19.3. The second-order valence-electron chi connectivity index (χ2n) is 23.9. The molecule has 1 aromatic heterocycles. The maximum Gasteiger partial charge on any atom is 0.246 e. The van der Waals surface area contributed by atoms with Crippen molar-refractivity contribution in [3.05, 3.63) is 65.9 Å². The molecule has 3 fully saturated rings. The van der Waals surface area contributed by atoms with E-state index in [4.69, 9.17) is 17.2 Å². The number of benzene rings is 2. The monoisotopic (exact) mass is 1230 g/mol. The number of rotatable bonds is 35. The van der Waals surface area contributed by atoms with Gasteiger partial charge in [-0.25, -0.2) is 4.39 Å². The number of H-pyrrole nitrogens is 1. The molecule has 88 heavy (non-hydrogen) atoms. The number of carbonyl (C=O) groups excluding carboxylic acids is 11. The van der Waals surface area contributed by atoms with Gasteiger partial charge >= 0.3 is 0 Å². The third kappa shape index (κ3) is 21.2. The molecule has 3 aromatic rings. The van der Waals surface area contributed by atoms with Gasteiger partial charge in [0.05, 0.1) is 43.1 Å². The average Bonchev–Trinajstić information content (AvgIpc) is 2.49. The molecule has 8 amide bonds. The van der Waals surface area contributed by atoms with Crippen molar-refractivity contribution in [1.82, 2.24) is 41.8 Å². The van der Waals surface area contributed by atoms with Crippen molar-refractivity contribution in [3.8, 4) is 5.75 Å². The lowest BCUT2D eigenvalue weighted by molar-refractivity contribution is -0.142. The first-order chi connectivity index (χ1) is 41.9. The lowest BCUT2D eigenvalue weighted by Gasteiger charge is -2.30. The number of nitrogens with one attached hydrogen (secondary N) is 7. The number of alkyl halides is 1. The Bertz CT molecular complexity index is 3000. The molecule has 2 heterocycles. The smallest absolute Gasteiger partial charge is 0.246 e. The van der Waals surface area contributed by atoms with E-state index in [9.17, 15) is 63.0 Å². The topological polar surface area (TPSA) is 410 Å². The fourth-order valence-electron chi connectivity index (χ4n) is 11.7. The number of hydrogen-bond acceptors (Lipinski definition) is 14. The van der Waals surface area contributed by atoms with E-state index in [2.05, 4.69) is 41.9 Å². The highest BCUT2D eigenvalue weighted by molar-refractivity contribution is 6.00. The first-order valence-electron chi connectivity index (χ1n) is 30.4. The number of phenols is 1. The summed E-state index contributed by atoms with van der Waals surface area (Å²) in [7, 11) is 1.51. The predicted octanol–water partition coefficient (Wildman–Crippen LogP) is 1.37. The number of phenolic OH excluding ortho intramolecular Hbond substituents is 1. The van der Waals surface area contributed by atoms with Gasteiger partial charge in [-0.3, -0.25) is 57.7 Å². The van der Waals surface area contributed by atoms with Crippen LogP contribution in [0.5, 0.6) is 5.75 Å². The summed E-state index contributed by atoms with van der Waals surface area (Å²) < 4.78 is 15.2. The SMILES string of the molecule is CN=C(N)NCCC[C@H](CC(=O)[C@H](CC1CC1)NC(=O)CCC(=O)[C@H](CC1CCCCC1)NC(=O)[C@@H](CC(=O)[C@H](CC(N)=O)NC(=O)[C@@H]1C[C@@H](F)CN1C(=O)[C@@H](Cc1ccc(O)cc1)NC(C)=O)[C@@H](C)O)C(=O)N[C@@H](Cc1c[nH]c2ccccc12)C(N)=O. The highest BCUT2D eigenvalue weighted by atomic mass is 19.1. The number of nitrogens with two attached hydrogens (primary N) is 3. The number of nitrogens with zero attached hydrogens (tertiary/aromatic N) is 2. The molecule has 0 unspecified atom stereocenters. The van der Waals surface area contributed by atoms with E-state index in [-0.39, 0.29) is 74.9 Å². The molecule has 1 saturated heterocycles. The van der Waals surface area contributed by atoms with Crippen molar-refractivity contribution in [1.29, 1.82) is 0 Å². The fourth-order valence-corrected chi connectivity index (χ4v) is 11.7. The predicted molar refractivity (Wildman–Crippen MR) is 323 cm³/mol. The number of amides is 8. The van der Waals surface area contributed by atoms with Gasteiger partial charge in [-0.15, -0.1) is 0 Å². The zero-order valence-corrected chi connectivity index (χ0v) is 50.4. The maximum absolute atomic E-state index is 15.2. The minimum Gasteiger partial charge on any atom is -0.508 e. The number of para-hydroxylation sites is 1. The summed E-state index contributed by atoms with van der Waals surface area (Å²) >= 11 is 0. The lowest BCUT2D eigenvalue weighted by atomic mass is 9.83. The van der Waals surface area contributed by atoms with Gasteiger partial charge in [0.1, 0.15) is 30.0 Å². The minimum absolute atomic E-state index is 0.00344. The molecule has 2 aromatic carbocycles. The van der Waals surface area contributed by atoms with Gasteiger partial charge < -0.3 is 69.2 Å². The fraction of sp³-hybridized carbons (Fsp3) is 0.581. The summed E-state index contributed by atoms with van der Waals surface area (Å²) in [5.74, 6) is -10.5. The van der Waals surface area contributed by atoms with Gasteiger partial charge in [0.15, 0.2) is 23.3 Å². The summed E-state index contributed by atoms with van der Waals surface area (Å²) in [6.07, 6.45) is 2.25. The Balaban J connectivity index is 1.11. The van der Waals surface area contributed by atoms with Crippen LogP contribution in [0.3, 0.4) is 0 Å². The van der Waals surface area contributed by atoms with Crippen LogP contribution in [0, 0.1) is 23.7 Å². The van der Waals surface area contributed by atoms with Crippen LogP contribution in [0.15, 0.2) is 59.7 Å². The molecule has 6 rings (SSSR count). The summed E-state index contributed by atoms with van der Waals surface area (Å²) in [6.45, 7) is 2.18. The summed E-state index contributed by atoms with van der Waals surface area (Å²) in [4.78, 5) is 158. The number of aliphatic hydroxyl groups is 1. The van der Waals surface area contributed by atoms with Gasteiger partial charge in [-0.2, -0.15) is 0 Å². The molecule has 0 bridgehead atoms. The second kappa shape index (κ2) is 33.2. The molecular weight excluding hydrogens is 1140 g/mol. The Morgan fingerprint density at radius 1 is 0.727 bits per heavy atom. The molecule has 3 aliphatic rings. The van der Waals surface area contributed by atoms with Gasteiger partial charge in [-0.1, -0.05) is 75.3 Å². The number of aliphatic imine (C=N–C) groups is 1. The maximum atomic E-state index is 15.2. The van der Waals surface area contributed by atoms with Gasteiger partial charge in [0.2, 0.25) is 47.3 Å². The molecule has 2 saturated carbocycles. The summed E-state index contributed by atoms with van der Waals surface area (Å²) in [5, 5.41) is 37.8.